The molecule has 3 rings (SSSR count). The average molecular weight is 309 g/mol. The van der Waals surface area contributed by atoms with Crippen LogP contribution in [0.15, 0.2) is 65.1 Å². The van der Waals surface area contributed by atoms with Crippen molar-refractivity contribution in [1.29, 1.82) is 0 Å². The van der Waals surface area contributed by atoms with E-state index in [1.807, 2.05) is 48.5 Å². The molecule has 23 heavy (non-hydrogen) atoms. The van der Waals surface area contributed by atoms with Gasteiger partial charge in [0.25, 0.3) is 5.76 Å². The number of carbonyl (C=O) groups excluding carboxylic acids is 1. The molecule has 0 N–H and O–H groups in total. The lowest BCUT2D eigenvalue weighted by Crippen LogP contribution is -2.35. The lowest BCUT2D eigenvalue weighted by Gasteiger charge is -2.02. The number of rotatable bonds is 4. The Morgan fingerprint density at radius 2 is 1.70 bits per heavy atom. The number of ether oxygens (including phenoxy) is 1. The molecule has 0 radical (unpaired) electrons. The summed E-state index contributed by atoms with van der Waals surface area (Å²) < 4.78 is 11.9. The molecule has 1 aromatic heterocycles. The van der Waals surface area contributed by atoms with E-state index in [1.54, 1.807) is 19.1 Å². The molecule has 0 aliphatic carbocycles. The summed E-state index contributed by atoms with van der Waals surface area (Å²) in [5, 5.41) is 12.6. The van der Waals surface area contributed by atoms with E-state index in [0.29, 0.717) is 17.1 Å². The van der Waals surface area contributed by atoms with Crippen molar-refractivity contribution in [1.82, 2.24) is 0 Å². The number of oxazole rings is 1. The minimum atomic E-state index is -0.760. The maximum absolute atomic E-state index is 12.6. The van der Waals surface area contributed by atoms with Crippen molar-refractivity contribution in [3.63, 3.8) is 0 Å². The van der Waals surface area contributed by atoms with Crippen LogP contribution in [0.3, 0.4) is 0 Å². The van der Waals surface area contributed by atoms with Gasteiger partial charge in [0, 0.05) is 12.1 Å². The molecule has 1 heterocycles. The predicted octanol–water partition coefficient (Wildman–Crippen LogP) is 2.47. The van der Waals surface area contributed by atoms with Crippen LogP contribution in [0.5, 0.6) is 5.88 Å². The van der Waals surface area contributed by atoms with Gasteiger partial charge in [-0.05, 0) is 19.1 Å². The average Bonchev–Trinajstić information content (AvgIpc) is 2.94. The van der Waals surface area contributed by atoms with Gasteiger partial charge in [-0.3, -0.25) is 0 Å². The third-order valence-corrected chi connectivity index (χ3v) is 3.30. The van der Waals surface area contributed by atoms with Gasteiger partial charge in [-0.15, -0.1) is 4.57 Å². The fourth-order valence-electron chi connectivity index (χ4n) is 2.29. The number of hydrogen-bond donors (Lipinski definition) is 0. The zero-order valence-corrected chi connectivity index (χ0v) is 12.6. The van der Waals surface area contributed by atoms with Gasteiger partial charge >= 0.3 is 11.9 Å². The molecule has 0 aliphatic rings. The first-order chi connectivity index (χ1) is 11.2. The first kappa shape index (κ1) is 14.8. The molecule has 116 valence electrons. The Bertz CT molecular complexity index is 810. The van der Waals surface area contributed by atoms with E-state index >= 15 is 0 Å². The number of para-hydroxylation sites is 1. The molecule has 0 amide bonds. The minimum Gasteiger partial charge on any atom is -0.820 e. The van der Waals surface area contributed by atoms with Crippen LogP contribution in [-0.2, 0) is 4.74 Å². The molecular weight excluding hydrogens is 294 g/mol. The lowest BCUT2D eigenvalue weighted by molar-refractivity contribution is -0.641. The molecule has 2 aromatic carbocycles. The molecule has 0 fully saturated rings. The van der Waals surface area contributed by atoms with E-state index in [1.165, 1.54) is 4.57 Å². The van der Waals surface area contributed by atoms with Crippen molar-refractivity contribution >= 4 is 5.97 Å². The highest BCUT2D eigenvalue weighted by Crippen LogP contribution is 2.25. The number of carbonyl (C=O) groups is 1. The monoisotopic (exact) mass is 309 g/mol. The first-order valence-electron chi connectivity index (χ1n) is 7.26. The van der Waals surface area contributed by atoms with Crippen molar-refractivity contribution in [2.45, 2.75) is 6.92 Å². The van der Waals surface area contributed by atoms with E-state index < -0.39 is 11.8 Å². The van der Waals surface area contributed by atoms with E-state index in [0.717, 1.165) is 0 Å². The van der Waals surface area contributed by atoms with Crippen LogP contribution in [-0.4, -0.2) is 12.6 Å². The van der Waals surface area contributed by atoms with E-state index in [4.69, 9.17) is 9.15 Å². The molecule has 5 heteroatoms. The summed E-state index contributed by atoms with van der Waals surface area (Å²) in [5.41, 5.74) is 1.32. The van der Waals surface area contributed by atoms with Gasteiger partial charge in [0.1, 0.15) is 0 Å². The zero-order chi connectivity index (χ0) is 16.2. The molecule has 0 unspecified atom stereocenters. The number of hydrogen-bond acceptors (Lipinski definition) is 4. The second-order valence-electron chi connectivity index (χ2n) is 4.80. The molecule has 0 aliphatic heterocycles. The Balaban J connectivity index is 2.21. The van der Waals surface area contributed by atoms with Gasteiger partial charge in [0.15, 0.2) is 0 Å². The summed E-state index contributed by atoms with van der Waals surface area (Å²) in [4.78, 5) is 12.0. The minimum absolute atomic E-state index is 0.172. The number of aromatic nitrogens is 1. The molecule has 0 spiro atoms. The zero-order valence-electron chi connectivity index (χ0n) is 12.6. The Morgan fingerprint density at radius 3 is 2.30 bits per heavy atom. The fraction of sp³-hybridized carbons (Fsp3) is 0.111. The topological polar surface area (TPSA) is 66.4 Å². The van der Waals surface area contributed by atoms with Crippen molar-refractivity contribution < 1.29 is 23.6 Å². The van der Waals surface area contributed by atoms with E-state index in [2.05, 4.69) is 0 Å². The summed E-state index contributed by atoms with van der Waals surface area (Å²) in [6, 6.07) is 18.2. The maximum atomic E-state index is 12.6. The van der Waals surface area contributed by atoms with Crippen LogP contribution in [0.4, 0.5) is 0 Å². The van der Waals surface area contributed by atoms with Gasteiger partial charge < -0.3 is 14.3 Å². The lowest BCUT2D eigenvalue weighted by atomic mass is 10.2. The summed E-state index contributed by atoms with van der Waals surface area (Å²) in [7, 11) is 0. The van der Waals surface area contributed by atoms with Crippen LogP contribution in [0.1, 0.15) is 17.5 Å². The van der Waals surface area contributed by atoms with Crippen LogP contribution < -0.4 is 9.67 Å². The fourth-order valence-corrected chi connectivity index (χ4v) is 2.29. The van der Waals surface area contributed by atoms with Gasteiger partial charge in [0.2, 0.25) is 11.6 Å². The first-order valence-corrected chi connectivity index (χ1v) is 7.26. The van der Waals surface area contributed by atoms with Crippen molar-refractivity contribution in [2.75, 3.05) is 6.61 Å². The number of esters is 1. The molecule has 0 bridgehead atoms. The standard InChI is InChI=1S/C18H15NO4/c1-2-22-18(21)15-16(20)19(14-11-7-4-8-12-14)17(23-15)13-9-5-3-6-10-13/h3-12H,2H2,1H3. The predicted molar refractivity (Wildman–Crippen MR) is 81.1 cm³/mol. The Labute approximate surface area is 133 Å². The Morgan fingerprint density at radius 1 is 1.09 bits per heavy atom. The van der Waals surface area contributed by atoms with Crippen LogP contribution >= 0.6 is 0 Å². The number of nitrogens with zero attached hydrogens (tertiary/aromatic N) is 1. The highest BCUT2D eigenvalue weighted by molar-refractivity contribution is 5.88. The van der Waals surface area contributed by atoms with Gasteiger partial charge in [-0.25, -0.2) is 4.79 Å². The highest BCUT2D eigenvalue weighted by Gasteiger charge is 2.30. The third kappa shape index (κ3) is 2.81. The normalized spacial score (nSPS) is 10.5. The quantitative estimate of drug-likeness (QED) is 0.548. The highest BCUT2D eigenvalue weighted by atomic mass is 16.5. The summed E-state index contributed by atoms with van der Waals surface area (Å²) in [5.74, 6) is -1.32. The van der Waals surface area contributed by atoms with Crippen LogP contribution in [0.2, 0.25) is 0 Å². The van der Waals surface area contributed by atoms with E-state index in [9.17, 15) is 9.90 Å². The van der Waals surface area contributed by atoms with E-state index in [-0.39, 0.29) is 12.4 Å². The molecular formula is C18H15NO4. The second-order valence-corrected chi connectivity index (χ2v) is 4.80. The van der Waals surface area contributed by atoms with Gasteiger partial charge in [-0.2, -0.15) is 0 Å². The molecule has 0 saturated heterocycles. The molecule has 0 atom stereocenters. The van der Waals surface area contributed by atoms with Crippen molar-refractivity contribution in [3.8, 4) is 23.0 Å². The summed E-state index contributed by atoms with van der Waals surface area (Å²) in [6.07, 6.45) is 0. The smallest absolute Gasteiger partial charge is 0.386 e. The molecule has 3 aromatic rings. The van der Waals surface area contributed by atoms with Gasteiger partial charge in [0.05, 0.1) is 12.2 Å². The molecule has 5 nitrogen and oxygen atoms in total. The summed E-state index contributed by atoms with van der Waals surface area (Å²) >= 11 is 0. The SMILES string of the molecule is CCOC(=O)c1oc(-c2ccccc2)[n+](-c2ccccc2)c1[O-]. The van der Waals surface area contributed by atoms with Crippen molar-refractivity contribution in [3.05, 3.63) is 66.4 Å². The van der Waals surface area contributed by atoms with Gasteiger partial charge in [-0.1, -0.05) is 36.4 Å². The second kappa shape index (κ2) is 6.36. The largest absolute Gasteiger partial charge is 0.820 e. The number of benzene rings is 2. The Hall–Kier alpha value is -3.08. The molecule has 0 saturated carbocycles. The Kier molecular flexibility index (Phi) is 4.10. The van der Waals surface area contributed by atoms with Crippen LogP contribution in [0.25, 0.3) is 17.1 Å². The third-order valence-electron chi connectivity index (χ3n) is 3.30. The summed E-state index contributed by atoms with van der Waals surface area (Å²) in [6.45, 7) is 1.85. The van der Waals surface area contributed by atoms with Crippen molar-refractivity contribution in [2.24, 2.45) is 0 Å². The van der Waals surface area contributed by atoms with Crippen LogP contribution in [0, 0.1) is 0 Å². The maximum Gasteiger partial charge on any atom is 0.386 e.